The van der Waals surface area contributed by atoms with E-state index in [-0.39, 0.29) is 44.6 Å². The molecule has 85 heavy (non-hydrogen) atoms. The number of aromatic amines is 1. The first-order chi connectivity index (χ1) is 40.1. The highest BCUT2D eigenvalue weighted by molar-refractivity contribution is 6.00. The number of aliphatic carboxylic acids is 2. The lowest BCUT2D eigenvalue weighted by atomic mass is 9.95. The number of aromatic nitrogens is 1. The number of hydrogen-bond donors (Lipinski definition) is 13. The molecule has 4 rings (SSSR count). The summed E-state index contributed by atoms with van der Waals surface area (Å²) >= 11 is 0. The van der Waals surface area contributed by atoms with Crippen molar-refractivity contribution in [3.05, 3.63) is 71.9 Å². The average Bonchev–Trinajstić information content (AvgIpc) is 3.48. The fraction of sp³-hybridized carbons (Fsp3) is 0.559. The summed E-state index contributed by atoms with van der Waals surface area (Å²) in [5, 5.41) is 43.7. The Morgan fingerprint density at radius 2 is 1.12 bits per heavy atom. The fourth-order valence-electron chi connectivity index (χ4n) is 9.71. The molecule has 26 heteroatoms. The van der Waals surface area contributed by atoms with Crippen molar-refractivity contribution in [2.75, 3.05) is 13.1 Å². The van der Waals surface area contributed by atoms with Crippen molar-refractivity contribution >= 4 is 81.9 Å². The van der Waals surface area contributed by atoms with Gasteiger partial charge in [0.2, 0.25) is 59.1 Å². The van der Waals surface area contributed by atoms with Crippen LogP contribution < -0.4 is 53.6 Å². The molecule has 11 atom stereocenters. The minimum absolute atomic E-state index is 0.0472. The number of amides is 10. The van der Waals surface area contributed by atoms with Gasteiger partial charge in [-0.1, -0.05) is 110 Å². The molecule has 1 fully saturated rings. The molecule has 2 aromatic carbocycles. The van der Waals surface area contributed by atoms with E-state index in [2.05, 4.69) is 52.8 Å². The van der Waals surface area contributed by atoms with Crippen LogP contribution in [0.5, 0.6) is 0 Å². The lowest BCUT2D eigenvalue weighted by Gasteiger charge is -2.31. The van der Waals surface area contributed by atoms with E-state index in [0.717, 1.165) is 4.90 Å². The number of nitrogens with two attached hydrogens (primary N) is 1. The summed E-state index contributed by atoms with van der Waals surface area (Å²) in [7, 11) is 0. The summed E-state index contributed by atoms with van der Waals surface area (Å²) in [4.78, 5) is 167. The van der Waals surface area contributed by atoms with Crippen LogP contribution >= 0.6 is 0 Å². The number of carbonyl (C=O) groups excluding carboxylic acids is 10. The van der Waals surface area contributed by atoms with Gasteiger partial charge in [0.15, 0.2) is 0 Å². The fourth-order valence-corrected chi connectivity index (χ4v) is 9.71. The van der Waals surface area contributed by atoms with E-state index in [1.165, 1.54) is 13.8 Å². The van der Waals surface area contributed by atoms with Crippen molar-refractivity contribution in [3.8, 4) is 0 Å². The largest absolute Gasteiger partial charge is 0.481 e. The molecule has 2 heterocycles. The number of hydrogen-bond acceptors (Lipinski definition) is 13. The third kappa shape index (κ3) is 20.4. The van der Waals surface area contributed by atoms with Gasteiger partial charge in [-0.05, 0) is 74.0 Å². The van der Waals surface area contributed by atoms with Crippen LogP contribution in [0, 0.1) is 23.7 Å². The first-order valence-corrected chi connectivity index (χ1v) is 28.8. The van der Waals surface area contributed by atoms with E-state index in [1.807, 2.05) is 0 Å². The van der Waals surface area contributed by atoms with Crippen LogP contribution in [0.4, 0.5) is 0 Å². The number of benzene rings is 2. The number of carbonyl (C=O) groups is 12. The Hall–Kier alpha value is -8.42. The van der Waals surface area contributed by atoms with E-state index in [0.29, 0.717) is 28.5 Å². The lowest BCUT2D eigenvalue weighted by molar-refractivity contribution is -0.146. The van der Waals surface area contributed by atoms with Gasteiger partial charge < -0.3 is 73.7 Å². The molecule has 1 saturated heterocycles. The molecular weight excluding hydrogens is 1100 g/mol. The molecule has 14 N–H and O–H groups in total. The number of fused-ring (bicyclic) bond motifs is 1. The van der Waals surface area contributed by atoms with Crippen LogP contribution in [0.25, 0.3) is 10.9 Å². The predicted octanol–water partition coefficient (Wildman–Crippen LogP) is 0.269. The molecule has 0 bridgehead atoms. The highest BCUT2D eigenvalue weighted by atomic mass is 16.4. The van der Waals surface area contributed by atoms with Crippen LogP contribution in [0.3, 0.4) is 0 Å². The average molecular weight is 1190 g/mol. The second-order valence-corrected chi connectivity index (χ2v) is 22.8. The van der Waals surface area contributed by atoms with Gasteiger partial charge in [0.05, 0.1) is 13.0 Å². The molecule has 26 nitrogen and oxygen atoms in total. The van der Waals surface area contributed by atoms with Gasteiger partial charge in [-0.2, -0.15) is 0 Å². The van der Waals surface area contributed by atoms with Gasteiger partial charge in [0, 0.05) is 36.5 Å². The SMILES string of the molecule is CC[C@H](C)[C@H](NC(=O)[C@@H](NC(=O)[C@H](CC(C)C)NC(=O)[C@H](C)NC(=O)[C@@H]1CCCN1C(=O)[C@H](CC(=O)O)NC(=O)[C@H](Cc1c[nH]c2ccccc12)NC(=O)[C@H](Cc1ccccc1)NC(=O)[C@@H](NC(=O)CN)C(C)C)C(C)C)C(=O)N[C@@H](C)C(=O)O. The van der Waals surface area contributed by atoms with Crippen molar-refractivity contribution in [2.45, 2.75) is 175 Å². The zero-order valence-electron chi connectivity index (χ0n) is 50.0. The second kappa shape index (κ2) is 32.6. The summed E-state index contributed by atoms with van der Waals surface area (Å²) in [5.41, 5.74) is 7.41. The molecule has 466 valence electrons. The van der Waals surface area contributed by atoms with Gasteiger partial charge in [-0.25, -0.2) is 0 Å². The normalized spacial score (nSPS) is 16.7. The highest BCUT2D eigenvalue weighted by Crippen LogP contribution is 2.22. The van der Waals surface area contributed by atoms with E-state index >= 15 is 0 Å². The van der Waals surface area contributed by atoms with Crippen LogP contribution in [-0.2, 0) is 70.4 Å². The van der Waals surface area contributed by atoms with E-state index in [9.17, 15) is 67.7 Å². The Morgan fingerprint density at radius 3 is 1.71 bits per heavy atom. The molecule has 1 aromatic heterocycles. The van der Waals surface area contributed by atoms with E-state index in [1.54, 1.807) is 116 Å². The number of para-hydroxylation sites is 1. The third-order valence-electron chi connectivity index (χ3n) is 14.8. The zero-order valence-corrected chi connectivity index (χ0v) is 50.0. The molecule has 0 radical (unpaired) electrons. The first kappa shape index (κ1) is 69.1. The number of rotatable bonds is 32. The Kier molecular flexibility index (Phi) is 26.5. The van der Waals surface area contributed by atoms with Crippen molar-refractivity contribution in [2.24, 2.45) is 29.4 Å². The lowest BCUT2D eigenvalue weighted by Crippen LogP contribution is -2.61. The monoisotopic (exact) mass is 1190 g/mol. The van der Waals surface area contributed by atoms with Gasteiger partial charge in [-0.15, -0.1) is 0 Å². The molecule has 0 spiro atoms. The highest BCUT2D eigenvalue weighted by Gasteiger charge is 2.41. The predicted molar refractivity (Wildman–Crippen MR) is 313 cm³/mol. The molecule has 3 aromatic rings. The molecule has 10 amide bonds. The summed E-state index contributed by atoms with van der Waals surface area (Å²) in [6, 6.07) is 2.70. The second-order valence-electron chi connectivity index (χ2n) is 22.8. The van der Waals surface area contributed by atoms with Crippen molar-refractivity contribution in [1.29, 1.82) is 0 Å². The van der Waals surface area contributed by atoms with Crippen molar-refractivity contribution < 1.29 is 67.7 Å². The molecular formula is C59H86N12O14. The Morgan fingerprint density at radius 1 is 0.588 bits per heavy atom. The molecule has 1 aliphatic rings. The summed E-state index contributed by atoms with van der Waals surface area (Å²) in [6.07, 6.45) is 1.30. The number of nitrogens with zero attached hydrogens (tertiary/aromatic N) is 1. The van der Waals surface area contributed by atoms with Crippen molar-refractivity contribution in [3.63, 3.8) is 0 Å². The topological polar surface area (TPSA) is 399 Å². The number of nitrogens with one attached hydrogen (secondary N) is 10. The Bertz CT molecular complexity index is 2860. The molecule has 0 unspecified atom stereocenters. The minimum atomic E-state index is -1.79. The standard InChI is InChI=1S/C59H86N12O14/c1-11-33(8)49(57(82)63-35(10)59(84)85)70-56(81)48(32(6)7)69-53(78)40(24-30(2)3)64-50(75)34(9)62-54(79)44-22-17-23-71(44)58(83)43(27-46(73)74)67-52(77)42(26-37-29-61-39-21-16-15-20-38(37)39)65-51(76)41(25-36-18-13-12-14-19-36)66-55(80)47(31(4)5)68-45(72)28-60/h12-16,18-21,29-35,40-44,47-49,61H,11,17,22-28,60H2,1-10H3,(H,62,79)(H,63,82)(H,64,75)(H,65,76)(H,66,80)(H,67,77)(H,68,72)(H,69,78)(H,70,81)(H,73,74)(H,84,85)/t33-,34-,35-,40-,41-,42-,43-,44-,47-,48-,49-/m0/s1. The van der Waals surface area contributed by atoms with Crippen LogP contribution in [0.1, 0.15) is 112 Å². The third-order valence-corrected chi connectivity index (χ3v) is 14.8. The Labute approximate surface area is 494 Å². The zero-order chi connectivity index (χ0) is 63.4. The van der Waals surface area contributed by atoms with Gasteiger partial charge in [0.1, 0.15) is 60.4 Å². The molecule has 0 saturated carbocycles. The Balaban J connectivity index is 1.55. The first-order valence-electron chi connectivity index (χ1n) is 28.8. The van der Waals surface area contributed by atoms with Crippen LogP contribution in [-0.4, -0.2) is 165 Å². The maximum Gasteiger partial charge on any atom is 0.325 e. The smallest absolute Gasteiger partial charge is 0.325 e. The maximum atomic E-state index is 14.7. The van der Waals surface area contributed by atoms with Gasteiger partial charge in [0.25, 0.3) is 0 Å². The number of carboxylic acid groups (broad SMARTS) is 2. The number of likely N-dealkylation sites (tertiary alicyclic amines) is 1. The minimum Gasteiger partial charge on any atom is -0.481 e. The van der Waals surface area contributed by atoms with Crippen LogP contribution in [0.2, 0.25) is 0 Å². The van der Waals surface area contributed by atoms with E-state index in [4.69, 9.17) is 5.73 Å². The number of H-pyrrole nitrogens is 1. The van der Waals surface area contributed by atoms with E-state index < -0.39 is 162 Å². The van der Waals surface area contributed by atoms with Gasteiger partial charge >= 0.3 is 11.9 Å². The van der Waals surface area contributed by atoms with Crippen LogP contribution in [0.15, 0.2) is 60.8 Å². The van der Waals surface area contributed by atoms with Gasteiger partial charge in [-0.3, -0.25) is 57.5 Å². The quantitative estimate of drug-likeness (QED) is 0.0399. The maximum absolute atomic E-state index is 14.7. The molecule has 1 aliphatic heterocycles. The molecule has 0 aliphatic carbocycles. The number of carboxylic acids is 2. The summed E-state index contributed by atoms with van der Waals surface area (Å²) in [5.74, 6) is -12.2. The van der Waals surface area contributed by atoms with Crippen molar-refractivity contribution in [1.82, 2.24) is 57.7 Å². The summed E-state index contributed by atoms with van der Waals surface area (Å²) < 4.78 is 0. The summed E-state index contributed by atoms with van der Waals surface area (Å²) in [6.45, 7) is 16.0.